The molecule has 0 saturated carbocycles. The van der Waals surface area contributed by atoms with Gasteiger partial charge in [0.25, 0.3) is 0 Å². The number of hydrogen-bond acceptors (Lipinski definition) is 4. The third-order valence-electron chi connectivity index (χ3n) is 3.56. The van der Waals surface area contributed by atoms with Gasteiger partial charge in [-0.3, -0.25) is 4.99 Å². The molecule has 2 aromatic carbocycles. The van der Waals surface area contributed by atoms with E-state index < -0.39 is 5.97 Å². The van der Waals surface area contributed by atoms with Crippen molar-refractivity contribution in [1.29, 1.82) is 0 Å². The van der Waals surface area contributed by atoms with Crippen LogP contribution in [0.4, 0.5) is 5.69 Å². The highest BCUT2D eigenvalue weighted by Gasteiger charge is 2.19. The van der Waals surface area contributed by atoms with E-state index in [0.717, 1.165) is 22.5 Å². The summed E-state index contributed by atoms with van der Waals surface area (Å²) in [5.41, 5.74) is 3.78. The maximum Gasteiger partial charge on any atom is 0.332 e. The summed E-state index contributed by atoms with van der Waals surface area (Å²) >= 11 is 12.5. The summed E-state index contributed by atoms with van der Waals surface area (Å²) in [6.45, 7) is 0.294. The van der Waals surface area contributed by atoms with Gasteiger partial charge in [0.05, 0.1) is 19.4 Å². The molecule has 122 valence electrons. The molecule has 1 N–H and O–H groups in total. The first-order valence-electron chi connectivity index (χ1n) is 7.23. The van der Waals surface area contributed by atoms with Crippen LogP contribution in [0.25, 0.3) is 0 Å². The first kappa shape index (κ1) is 16.6. The predicted molar refractivity (Wildman–Crippen MR) is 97.1 cm³/mol. The van der Waals surface area contributed by atoms with Crippen molar-refractivity contribution in [2.75, 3.05) is 19.0 Å². The number of benzene rings is 2. The Morgan fingerprint density at radius 1 is 1.21 bits per heavy atom. The zero-order valence-corrected chi connectivity index (χ0v) is 14.4. The topological polar surface area (TPSA) is 50.7 Å². The molecule has 0 unspecified atom stereocenters. The van der Waals surface area contributed by atoms with Gasteiger partial charge in [0, 0.05) is 38.6 Å². The van der Waals surface area contributed by atoms with Crippen molar-refractivity contribution in [3.05, 3.63) is 75.4 Å². The minimum atomic E-state index is -0.440. The number of aliphatic imine (C=N–C) groups is 1. The number of esters is 1. The number of anilines is 1. The molecular weight excluding hydrogens is 347 g/mol. The number of benzodiazepines with no additional fused rings is 1. The van der Waals surface area contributed by atoms with Crippen LogP contribution in [0.1, 0.15) is 11.1 Å². The van der Waals surface area contributed by atoms with E-state index in [4.69, 9.17) is 23.2 Å². The normalized spacial score (nSPS) is 15.1. The summed E-state index contributed by atoms with van der Waals surface area (Å²) in [5, 5.41) is 4.41. The van der Waals surface area contributed by atoms with E-state index in [-0.39, 0.29) is 0 Å². The lowest BCUT2D eigenvalue weighted by Gasteiger charge is -2.12. The second-order valence-corrected chi connectivity index (χ2v) is 6.00. The Kier molecular flexibility index (Phi) is 4.88. The van der Waals surface area contributed by atoms with Crippen LogP contribution in [0.15, 0.2) is 59.2 Å². The summed E-state index contributed by atoms with van der Waals surface area (Å²) in [6.07, 6.45) is 1.39. The molecule has 3 rings (SSSR count). The van der Waals surface area contributed by atoms with Crippen molar-refractivity contribution in [2.45, 2.75) is 0 Å². The van der Waals surface area contributed by atoms with Gasteiger partial charge in [-0.1, -0.05) is 41.4 Å². The van der Waals surface area contributed by atoms with Crippen molar-refractivity contribution < 1.29 is 9.53 Å². The van der Waals surface area contributed by atoms with Crippen LogP contribution in [-0.2, 0) is 9.53 Å². The number of carbonyl (C=O) groups is 1. The number of nitrogens with zero attached hydrogens (tertiary/aromatic N) is 1. The number of hydrogen-bond donors (Lipinski definition) is 1. The van der Waals surface area contributed by atoms with Crippen LogP contribution >= 0.6 is 23.2 Å². The SMILES string of the molecule is COC(=O)/C=C1\CN=C(c2ccccc2Cl)c2cc(Cl)ccc2N1. The largest absolute Gasteiger partial charge is 0.466 e. The van der Waals surface area contributed by atoms with Crippen molar-refractivity contribution in [1.82, 2.24) is 0 Å². The smallest absolute Gasteiger partial charge is 0.332 e. The molecule has 0 atom stereocenters. The van der Waals surface area contributed by atoms with Crippen LogP contribution in [0.5, 0.6) is 0 Å². The predicted octanol–water partition coefficient (Wildman–Crippen LogP) is 4.31. The van der Waals surface area contributed by atoms with Gasteiger partial charge in [-0.15, -0.1) is 0 Å². The number of fused-ring (bicyclic) bond motifs is 1. The molecule has 1 aliphatic heterocycles. The summed E-state index contributed by atoms with van der Waals surface area (Å²) < 4.78 is 4.69. The number of methoxy groups -OCH3 is 1. The van der Waals surface area contributed by atoms with Gasteiger partial charge < -0.3 is 10.1 Å². The third-order valence-corrected chi connectivity index (χ3v) is 4.13. The van der Waals surface area contributed by atoms with E-state index in [1.807, 2.05) is 36.4 Å². The number of ether oxygens (including phenoxy) is 1. The second-order valence-electron chi connectivity index (χ2n) is 5.15. The molecule has 0 bridgehead atoms. The van der Waals surface area contributed by atoms with Crippen LogP contribution in [0.3, 0.4) is 0 Å². The molecule has 1 heterocycles. The average molecular weight is 361 g/mol. The maximum absolute atomic E-state index is 11.5. The van der Waals surface area contributed by atoms with Gasteiger partial charge in [0.2, 0.25) is 0 Å². The number of carbonyl (C=O) groups excluding carboxylic acids is 1. The third kappa shape index (κ3) is 3.45. The Morgan fingerprint density at radius 3 is 2.75 bits per heavy atom. The van der Waals surface area contributed by atoms with Crippen LogP contribution in [0, 0.1) is 0 Å². The second kappa shape index (κ2) is 7.07. The number of nitrogens with one attached hydrogen (secondary N) is 1. The van der Waals surface area contributed by atoms with Crippen molar-refractivity contribution in [3.8, 4) is 0 Å². The molecule has 0 aliphatic carbocycles. The number of rotatable bonds is 2. The van der Waals surface area contributed by atoms with Crippen LogP contribution in [-0.4, -0.2) is 25.3 Å². The molecule has 4 nitrogen and oxygen atoms in total. The standard InChI is InChI=1S/C18H14Cl2N2O2/c1-24-17(23)9-12-10-21-18(13-4-2-3-5-15(13)20)14-8-11(19)6-7-16(14)22-12/h2-9,22H,10H2,1H3/b12-9+. The van der Waals surface area contributed by atoms with E-state index in [2.05, 4.69) is 15.0 Å². The summed E-state index contributed by atoms with van der Waals surface area (Å²) in [6, 6.07) is 12.9. The van der Waals surface area contributed by atoms with E-state index in [1.165, 1.54) is 13.2 Å². The summed E-state index contributed by atoms with van der Waals surface area (Å²) in [4.78, 5) is 16.2. The Hall–Kier alpha value is -2.30. The highest BCUT2D eigenvalue weighted by atomic mass is 35.5. The highest BCUT2D eigenvalue weighted by molar-refractivity contribution is 6.36. The lowest BCUT2D eigenvalue weighted by Crippen LogP contribution is -2.07. The quantitative estimate of drug-likeness (QED) is 0.641. The van der Waals surface area contributed by atoms with E-state index in [9.17, 15) is 4.79 Å². The molecule has 0 spiro atoms. The average Bonchev–Trinajstić information content (AvgIpc) is 2.74. The molecule has 0 aromatic heterocycles. The molecule has 1 aliphatic rings. The zero-order chi connectivity index (χ0) is 17.1. The van der Waals surface area contributed by atoms with Crippen molar-refractivity contribution in [2.24, 2.45) is 4.99 Å². The highest BCUT2D eigenvalue weighted by Crippen LogP contribution is 2.30. The molecule has 0 saturated heterocycles. The van der Waals surface area contributed by atoms with Gasteiger partial charge >= 0.3 is 5.97 Å². The monoisotopic (exact) mass is 360 g/mol. The van der Waals surface area contributed by atoms with Gasteiger partial charge in [0.1, 0.15) is 0 Å². The first-order valence-corrected chi connectivity index (χ1v) is 7.99. The maximum atomic E-state index is 11.5. The van der Waals surface area contributed by atoms with Gasteiger partial charge in [-0.05, 0) is 24.3 Å². The molecule has 0 amide bonds. The van der Waals surface area contributed by atoms with Crippen LogP contribution in [0.2, 0.25) is 10.0 Å². The molecule has 6 heteroatoms. The Morgan fingerprint density at radius 2 is 2.00 bits per heavy atom. The fourth-order valence-electron chi connectivity index (χ4n) is 2.45. The molecular formula is C18H14Cl2N2O2. The van der Waals surface area contributed by atoms with E-state index in [0.29, 0.717) is 22.3 Å². The fraction of sp³-hybridized carbons (Fsp3) is 0.111. The van der Waals surface area contributed by atoms with Crippen molar-refractivity contribution >= 4 is 40.6 Å². The Bertz CT molecular complexity index is 860. The summed E-state index contributed by atoms with van der Waals surface area (Å²) in [5.74, 6) is -0.440. The minimum absolute atomic E-state index is 0.294. The van der Waals surface area contributed by atoms with Crippen molar-refractivity contribution in [3.63, 3.8) is 0 Å². The van der Waals surface area contributed by atoms with E-state index >= 15 is 0 Å². The van der Waals surface area contributed by atoms with Gasteiger partial charge in [-0.25, -0.2) is 4.79 Å². The lowest BCUT2D eigenvalue weighted by molar-refractivity contribution is -0.134. The molecule has 2 aromatic rings. The minimum Gasteiger partial charge on any atom is -0.466 e. The van der Waals surface area contributed by atoms with E-state index in [1.54, 1.807) is 6.07 Å². The number of halogens is 2. The first-order chi connectivity index (χ1) is 11.6. The lowest BCUT2D eigenvalue weighted by atomic mass is 10.0. The van der Waals surface area contributed by atoms with Crippen LogP contribution < -0.4 is 5.32 Å². The zero-order valence-electron chi connectivity index (χ0n) is 12.8. The molecule has 0 radical (unpaired) electrons. The van der Waals surface area contributed by atoms with Gasteiger partial charge in [-0.2, -0.15) is 0 Å². The summed E-state index contributed by atoms with van der Waals surface area (Å²) in [7, 11) is 1.34. The van der Waals surface area contributed by atoms with Gasteiger partial charge in [0.15, 0.2) is 0 Å². The molecule has 0 fully saturated rings. The Balaban J connectivity index is 2.15. The Labute approximate surface area is 149 Å². The fourth-order valence-corrected chi connectivity index (χ4v) is 2.85. The molecule has 24 heavy (non-hydrogen) atoms.